The van der Waals surface area contributed by atoms with Crippen LogP contribution in [0.15, 0.2) is 82.5 Å². The number of hydrogen-bond acceptors (Lipinski definition) is 5. The van der Waals surface area contributed by atoms with Gasteiger partial charge in [-0.25, -0.2) is 8.42 Å². The SMILES string of the molecule is O=C(COc1ccccc1)N1CC2CC(C1)c1c(NS(=O)(=O)c3ccccc3)ccc(=O)n1C2. The minimum Gasteiger partial charge on any atom is -0.484 e. The van der Waals surface area contributed by atoms with Crippen LogP contribution in [0.1, 0.15) is 18.0 Å². The summed E-state index contributed by atoms with van der Waals surface area (Å²) in [5.74, 6) is 0.459. The summed E-state index contributed by atoms with van der Waals surface area (Å²) in [5, 5.41) is 0. The van der Waals surface area contributed by atoms with E-state index in [9.17, 15) is 18.0 Å². The highest BCUT2D eigenvalue weighted by atomic mass is 32.2. The van der Waals surface area contributed by atoms with E-state index in [2.05, 4.69) is 4.72 Å². The summed E-state index contributed by atoms with van der Waals surface area (Å²) < 4.78 is 35.9. The molecule has 1 fully saturated rings. The predicted octanol–water partition coefficient (Wildman–Crippen LogP) is 2.67. The van der Waals surface area contributed by atoms with Gasteiger partial charge in [-0.3, -0.25) is 14.3 Å². The van der Waals surface area contributed by atoms with E-state index >= 15 is 0 Å². The molecule has 2 aromatic carbocycles. The van der Waals surface area contributed by atoms with Crippen molar-refractivity contribution in [3.05, 3.63) is 88.8 Å². The molecule has 1 aromatic heterocycles. The topological polar surface area (TPSA) is 97.7 Å². The highest BCUT2D eigenvalue weighted by Crippen LogP contribution is 2.39. The van der Waals surface area contributed by atoms with E-state index in [0.29, 0.717) is 36.8 Å². The zero-order chi connectivity index (χ0) is 23.7. The summed E-state index contributed by atoms with van der Waals surface area (Å²) in [6.45, 7) is 1.31. The van der Waals surface area contributed by atoms with Gasteiger partial charge in [-0.1, -0.05) is 36.4 Å². The Morgan fingerprint density at radius 2 is 1.65 bits per heavy atom. The summed E-state index contributed by atoms with van der Waals surface area (Å²) in [5.41, 5.74) is 0.839. The van der Waals surface area contributed by atoms with Crippen molar-refractivity contribution in [1.82, 2.24) is 9.47 Å². The van der Waals surface area contributed by atoms with Crippen molar-refractivity contribution in [2.24, 2.45) is 5.92 Å². The maximum Gasteiger partial charge on any atom is 0.261 e. The van der Waals surface area contributed by atoms with Crippen molar-refractivity contribution in [3.63, 3.8) is 0 Å². The largest absolute Gasteiger partial charge is 0.484 e. The Kier molecular flexibility index (Phi) is 5.87. The summed E-state index contributed by atoms with van der Waals surface area (Å²) in [6.07, 6.45) is 0.785. The molecule has 176 valence electrons. The zero-order valence-electron chi connectivity index (χ0n) is 18.5. The molecule has 5 rings (SSSR count). The van der Waals surface area contributed by atoms with Crippen LogP contribution in [0.2, 0.25) is 0 Å². The molecule has 0 radical (unpaired) electrons. The third-order valence-electron chi connectivity index (χ3n) is 6.35. The smallest absolute Gasteiger partial charge is 0.261 e. The number of fused-ring (bicyclic) bond motifs is 4. The molecule has 9 heteroatoms. The number of likely N-dealkylation sites (tertiary alicyclic amines) is 1. The molecule has 2 atom stereocenters. The number of anilines is 1. The second-order valence-corrected chi connectivity index (χ2v) is 10.4. The van der Waals surface area contributed by atoms with Crippen LogP contribution < -0.4 is 15.0 Å². The molecular weight excluding hydrogens is 454 g/mol. The van der Waals surface area contributed by atoms with E-state index in [1.54, 1.807) is 39.8 Å². The van der Waals surface area contributed by atoms with Crippen molar-refractivity contribution >= 4 is 21.6 Å². The van der Waals surface area contributed by atoms with Crippen molar-refractivity contribution in [2.45, 2.75) is 23.8 Å². The molecule has 0 saturated carbocycles. The number of sulfonamides is 1. The number of pyridine rings is 1. The number of amides is 1. The number of hydrogen-bond donors (Lipinski definition) is 1. The number of piperidine rings is 1. The molecule has 8 nitrogen and oxygen atoms in total. The normalized spacial score (nSPS) is 19.2. The average molecular weight is 480 g/mol. The second kappa shape index (κ2) is 8.98. The van der Waals surface area contributed by atoms with E-state index in [0.717, 1.165) is 6.42 Å². The van der Waals surface area contributed by atoms with Gasteiger partial charge >= 0.3 is 0 Å². The first-order valence-corrected chi connectivity index (χ1v) is 12.7. The first-order valence-electron chi connectivity index (χ1n) is 11.2. The Morgan fingerprint density at radius 1 is 0.941 bits per heavy atom. The van der Waals surface area contributed by atoms with Crippen LogP contribution in [0.5, 0.6) is 5.75 Å². The number of ether oxygens (including phenoxy) is 1. The van der Waals surface area contributed by atoms with Crippen LogP contribution in [-0.2, 0) is 21.4 Å². The Morgan fingerprint density at radius 3 is 2.38 bits per heavy atom. The lowest BCUT2D eigenvalue weighted by molar-refractivity contribution is -0.136. The molecule has 0 spiro atoms. The maximum atomic E-state index is 13.0. The van der Waals surface area contributed by atoms with Crippen molar-refractivity contribution in [2.75, 3.05) is 24.4 Å². The highest BCUT2D eigenvalue weighted by molar-refractivity contribution is 7.92. The van der Waals surface area contributed by atoms with E-state index in [1.807, 2.05) is 18.2 Å². The number of benzene rings is 2. The van der Waals surface area contributed by atoms with Gasteiger partial charge in [0, 0.05) is 31.6 Å². The molecule has 34 heavy (non-hydrogen) atoms. The molecule has 3 heterocycles. The average Bonchev–Trinajstić information content (AvgIpc) is 2.85. The van der Waals surface area contributed by atoms with E-state index in [1.165, 1.54) is 24.3 Å². The van der Waals surface area contributed by atoms with Gasteiger partial charge in [-0.15, -0.1) is 0 Å². The van der Waals surface area contributed by atoms with Crippen LogP contribution >= 0.6 is 0 Å². The second-order valence-electron chi connectivity index (χ2n) is 8.70. The molecule has 1 saturated heterocycles. The quantitative estimate of drug-likeness (QED) is 0.586. The molecular formula is C25H25N3O5S. The fraction of sp³-hybridized carbons (Fsp3) is 0.280. The number of rotatable bonds is 6. The number of carbonyl (C=O) groups is 1. The number of nitrogens with one attached hydrogen (secondary N) is 1. The monoisotopic (exact) mass is 479 g/mol. The van der Waals surface area contributed by atoms with Crippen LogP contribution in [0, 0.1) is 5.92 Å². The molecule has 1 N–H and O–H groups in total. The van der Waals surface area contributed by atoms with Gasteiger partial charge in [0.05, 0.1) is 16.3 Å². The fourth-order valence-electron chi connectivity index (χ4n) is 4.86. The summed E-state index contributed by atoms with van der Waals surface area (Å²) in [7, 11) is -3.82. The van der Waals surface area contributed by atoms with Gasteiger partial charge in [0.25, 0.3) is 21.5 Å². The van der Waals surface area contributed by atoms with E-state index in [4.69, 9.17) is 4.74 Å². The number of carbonyl (C=O) groups excluding carboxylic acids is 1. The number of nitrogens with zero attached hydrogens (tertiary/aromatic N) is 2. The summed E-state index contributed by atoms with van der Waals surface area (Å²) in [4.78, 5) is 27.5. The standard InChI is InChI=1S/C25H25N3O5S/c29-23-12-11-22(26-34(31,32)21-9-5-2-6-10-21)25-19-13-18(15-28(23)25)14-27(16-19)24(30)17-33-20-7-3-1-4-8-20/h1-12,18-19,26H,13-17H2. The number of para-hydroxylation sites is 1. The third-order valence-corrected chi connectivity index (χ3v) is 7.73. The Bertz CT molecular complexity index is 1360. The lowest BCUT2D eigenvalue weighted by Gasteiger charge is -2.43. The van der Waals surface area contributed by atoms with Gasteiger partial charge in [-0.2, -0.15) is 0 Å². The van der Waals surface area contributed by atoms with Gasteiger partial charge in [0.15, 0.2) is 6.61 Å². The van der Waals surface area contributed by atoms with Crippen LogP contribution in [-0.4, -0.2) is 43.5 Å². The minimum absolute atomic E-state index is 0.0709. The predicted molar refractivity (Wildman–Crippen MR) is 127 cm³/mol. The zero-order valence-corrected chi connectivity index (χ0v) is 19.3. The van der Waals surface area contributed by atoms with Gasteiger partial charge in [0.2, 0.25) is 0 Å². The molecule has 3 aromatic rings. The van der Waals surface area contributed by atoms with Crippen molar-refractivity contribution in [1.29, 1.82) is 0 Å². The summed E-state index contributed by atoms with van der Waals surface area (Å²) in [6, 6.07) is 20.2. The minimum atomic E-state index is -3.82. The first-order chi connectivity index (χ1) is 16.4. The van der Waals surface area contributed by atoms with E-state index in [-0.39, 0.29) is 34.8 Å². The van der Waals surface area contributed by atoms with Crippen molar-refractivity contribution < 1.29 is 17.9 Å². The number of aromatic nitrogens is 1. The van der Waals surface area contributed by atoms with Gasteiger partial charge in [-0.05, 0) is 42.7 Å². The van der Waals surface area contributed by atoms with Crippen LogP contribution in [0.3, 0.4) is 0 Å². The van der Waals surface area contributed by atoms with Crippen molar-refractivity contribution in [3.8, 4) is 5.75 Å². The Labute approximate surface area is 197 Å². The molecule has 2 bridgehead atoms. The fourth-order valence-corrected chi connectivity index (χ4v) is 5.96. The lowest BCUT2D eigenvalue weighted by atomic mass is 9.82. The van der Waals surface area contributed by atoms with Gasteiger partial charge in [0.1, 0.15) is 5.75 Å². The maximum absolute atomic E-state index is 13.0. The third kappa shape index (κ3) is 4.43. The molecule has 2 aliphatic heterocycles. The van der Waals surface area contributed by atoms with Crippen LogP contribution in [0.25, 0.3) is 0 Å². The van der Waals surface area contributed by atoms with Gasteiger partial charge < -0.3 is 14.2 Å². The van der Waals surface area contributed by atoms with Crippen LogP contribution in [0.4, 0.5) is 5.69 Å². The summed E-state index contributed by atoms with van der Waals surface area (Å²) >= 11 is 0. The Balaban J connectivity index is 1.39. The molecule has 1 amide bonds. The lowest BCUT2D eigenvalue weighted by Crippen LogP contribution is -2.50. The highest BCUT2D eigenvalue weighted by Gasteiger charge is 2.38. The molecule has 0 aliphatic carbocycles. The molecule has 2 unspecified atom stereocenters. The Hall–Kier alpha value is -3.59. The molecule has 2 aliphatic rings. The first kappa shape index (κ1) is 22.2. The van der Waals surface area contributed by atoms with E-state index < -0.39 is 10.0 Å².